The zero-order valence-corrected chi connectivity index (χ0v) is 11.6. The highest BCUT2D eigenvalue weighted by atomic mass is 15.5. The fourth-order valence-electron chi connectivity index (χ4n) is 3.69. The summed E-state index contributed by atoms with van der Waals surface area (Å²) in [5.74, 6) is 0. The standard InChI is InChI=1S/C16H19N3/c1-12-11-15-13-7-3-4-8-14(13)18-10-6-5-9-16(18,2)19(15)17-12/h3-4,7-8,11H,5-6,9-10H2,1-2H3. The highest BCUT2D eigenvalue weighted by Gasteiger charge is 2.42. The minimum absolute atomic E-state index is 0.0101. The van der Waals surface area contributed by atoms with Crippen LogP contribution in [0.2, 0.25) is 0 Å². The lowest BCUT2D eigenvalue weighted by atomic mass is 9.91. The Kier molecular flexibility index (Phi) is 2.12. The molecule has 2 aliphatic heterocycles. The Morgan fingerprint density at radius 3 is 2.95 bits per heavy atom. The van der Waals surface area contributed by atoms with E-state index >= 15 is 0 Å². The van der Waals surface area contributed by atoms with Crippen molar-refractivity contribution < 1.29 is 0 Å². The second-order valence-corrected chi connectivity index (χ2v) is 5.93. The molecule has 0 radical (unpaired) electrons. The van der Waals surface area contributed by atoms with Gasteiger partial charge in [0.05, 0.1) is 11.4 Å². The number of aryl methyl sites for hydroxylation is 1. The second-order valence-electron chi connectivity index (χ2n) is 5.93. The molecule has 0 aliphatic carbocycles. The number of aromatic nitrogens is 2. The van der Waals surface area contributed by atoms with E-state index in [-0.39, 0.29) is 5.66 Å². The molecule has 1 aromatic carbocycles. The largest absolute Gasteiger partial charge is 0.347 e. The van der Waals surface area contributed by atoms with Crippen molar-refractivity contribution in [3.8, 4) is 11.3 Å². The summed E-state index contributed by atoms with van der Waals surface area (Å²) in [5.41, 5.74) is 5.09. The highest BCUT2D eigenvalue weighted by Crippen LogP contribution is 2.46. The number of hydrogen-bond donors (Lipinski definition) is 0. The summed E-state index contributed by atoms with van der Waals surface area (Å²) in [4.78, 5) is 2.55. The molecule has 1 saturated heterocycles. The monoisotopic (exact) mass is 253 g/mol. The van der Waals surface area contributed by atoms with Crippen LogP contribution < -0.4 is 4.90 Å². The van der Waals surface area contributed by atoms with Gasteiger partial charge in [0.15, 0.2) is 0 Å². The molecule has 2 aromatic rings. The van der Waals surface area contributed by atoms with E-state index < -0.39 is 0 Å². The van der Waals surface area contributed by atoms with Crippen molar-refractivity contribution in [2.75, 3.05) is 11.4 Å². The number of fused-ring (bicyclic) bond motifs is 6. The molecule has 0 amide bonds. The van der Waals surface area contributed by atoms with Crippen LogP contribution in [0, 0.1) is 6.92 Å². The van der Waals surface area contributed by atoms with E-state index in [2.05, 4.69) is 53.8 Å². The van der Waals surface area contributed by atoms with Gasteiger partial charge in [-0.3, -0.25) is 0 Å². The van der Waals surface area contributed by atoms with Crippen molar-refractivity contribution in [2.45, 2.75) is 38.8 Å². The topological polar surface area (TPSA) is 21.1 Å². The summed E-state index contributed by atoms with van der Waals surface area (Å²) in [7, 11) is 0. The van der Waals surface area contributed by atoms with Crippen molar-refractivity contribution in [3.05, 3.63) is 36.0 Å². The molecule has 3 heterocycles. The molecule has 1 atom stereocenters. The van der Waals surface area contributed by atoms with E-state index in [1.165, 1.54) is 36.2 Å². The minimum Gasteiger partial charge on any atom is -0.347 e. The van der Waals surface area contributed by atoms with E-state index in [4.69, 9.17) is 5.10 Å². The molecule has 0 spiro atoms. The summed E-state index contributed by atoms with van der Waals surface area (Å²) >= 11 is 0. The van der Waals surface area contributed by atoms with Crippen LogP contribution >= 0.6 is 0 Å². The Morgan fingerprint density at radius 1 is 1.21 bits per heavy atom. The Morgan fingerprint density at radius 2 is 2.05 bits per heavy atom. The maximum atomic E-state index is 4.78. The molecule has 2 aliphatic rings. The first-order valence-corrected chi connectivity index (χ1v) is 7.14. The number of rotatable bonds is 0. The van der Waals surface area contributed by atoms with Gasteiger partial charge in [-0.25, -0.2) is 4.68 Å². The molecule has 1 aromatic heterocycles. The fraction of sp³-hybridized carbons (Fsp3) is 0.438. The second kappa shape index (κ2) is 3.62. The number of para-hydroxylation sites is 1. The molecule has 3 nitrogen and oxygen atoms in total. The van der Waals surface area contributed by atoms with E-state index in [9.17, 15) is 0 Å². The van der Waals surface area contributed by atoms with Gasteiger partial charge in [-0.15, -0.1) is 0 Å². The van der Waals surface area contributed by atoms with E-state index in [1.54, 1.807) is 0 Å². The van der Waals surface area contributed by atoms with Gasteiger partial charge in [0.1, 0.15) is 5.66 Å². The first kappa shape index (κ1) is 11.1. The smallest absolute Gasteiger partial charge is 0.131 e. The fourth-order valence-corrected chi connectivity index (χ4v) is 3.69. The van der Waals surface area contributed by atoms with Crippen LogP contribution in [0.25, 0.3) is 11.3 Å². The van der Waals surface area contributed by atoms with Gasteiger partial charge in [0.25, 0.3) is 0 Å². The van der Waals surface area contributed by atoms with Crippen molar-refractivity contribution >= 4 is 5.69 Å². The van der Waals surface area contributed by atoms with Crippen LogP contribution in [-0.4, -0.2) is 16.3 Å². The van der Waals surface area contributed by atoms with Gasteiger partial charge in [-0.05, 0) is 45.2 Å². The van der Waals surface area contributed by atoms with Crippen LogP contribution in [0.4, 0.5) is 5.69 Å². The third-order valence-electron chi connectivity index (χ3n) is 4.62. The number of hydrogen-bond acceptors (Lipinski definition) is 2. The Hall–Kier alpha value is -1.77. The van der Waals surface area contributed by atoms with Crippen LogP contribution in [0.1, 0.15) is 31.9 Å². The molecular weight excluding hydrogens is 234 g/mol. The Bertz CT molecular complexity index is 643. The summed E-state index contributed by atoms with van der Waals surface area (Å²) in [6, 6.07) is 11.0. The van der Waals surface area contributed by atoms with Crippen molar-refractivity contribution in [2.24, 2.45) is 0 Å². The molecule has 98 valence electrons. The molecule has 1 unspecified atom stereocenters. The maximum Gasteiger partial charge on any atom is 0.131 e. The molecule has 1 fully saturated rings. The average Bonchev–Trinajstić information content (AvgIpc) is 2.82. The van der Waals surface area contributed by atoms with Gasteiger partial charge in [-0.1, -0.05) is 18.2 Å². The van der Waals surface area contributed by atoms with Crippen LogP contribution in [0.15, 0.2) is 30.3 Å². The number of anilines is 1. The lowest BCUT2D eigenvalue weighted by Gasteiger charge is -2.50. The maximum absolute atomic E-state index is 4.78. The summed E-state index contributed by atoms with van der Waals surface area (Å²) in [6.07, 6.45) is 3.74. The van der Waals surface area contributed by atoms with Crippen LogP contribution in [0.3, 0.4) is 0 Å². The third-order valence-corrected chi connectivity index (χ3v) is 4.62. The third kappa shape index (κ3) is 1.36. The van der Waals surface area contributed by atoms with Gasteiger partial charge in [0, 0.05) is 17.8 Å². The number of nitrogens with zero attached hydrogens (tertiary/aromatic N) is 3. The van der Waals surface area contributed by atoms with Crippen molar-refractivity contribution in [1.82, 2.24) is 9.78 Å². The molecule has 19 heavy (non-hydrogen) atoms. The first-order valence-electron chi connectivity index (χ1n) is 7.14. The normalized spacial score (nSPS) is 24.6. The lowest BCUT2D eigenvalue weighted by Crippen LogP contribution is -2.54. The average molecular weight is 253 g/mol. The Labute approximate surface area is 113 Å². The van der Waals surface area contributed by atoms with E-state index in [0.29, 0.717) is 0 Å². The van der Waals surface area contributed by atoms with Gasteiger partial charge in [0.2, 0.25) is 0 Å². The predicted octanol–water partition coefficient (Wildman–Crippen LogP) is 3.54. The van der Waals surface area contributed by atoms with E-state index in [1.807, 2.05) is 0 Å². The van der Waals surface area contributed by atoms with Gasteiger partial charge in [-0.2, -0.15) is 5.10 Å². The summed E-state index contributed by atoms with van der Waals surface area (Å²) < 4.78 is 2.25. The first-order chi connectivity index (χ1) is 9.20. The molecule has 0 saturated carbocycles. The van der Waals surface area contributed by atoms with Crippen molar-refractivity contribution in [3.63, 3.8) is 0 Å². The highest BCUT2D eigenvalue weighted by molar-refractivity contribution is 5.80. The molecule has 4 rings (SSSR count). The lowest BCUT2D eigenvalue weighted by molar-refractivity contribution is 0.211. The summed E-state index contributed by atoms with van der Waals surface area (Å²) in [6.45, 7) is 5.55. The predicted molar refractivity (Wildman–Crippen MR) is 77.2 cm³/mol. The van der Waals surface area contributed by atoms with Crippen molar-refractivity contribution in [1.29, 1.82) is 0 Å². The SMILES string of the molecule is Cc1cc2n(n1)C1(C)CCCCN1c1ccccc1-2. The molecular formula is C16H19N3. The van der Waals surface area contributed by atoms with Gasteiger partial charge < -0.3 is 4.90 Å². The zero-order valence-electron chi connectivity index (χ0n) is 11.6. The minimum atomic E-state index is 0.0101. The Balaban J connectivity index is 2.04. The zero-order chi connectivity index (χ0) is 13.0. The number of piperidine rings is 1. The molecule has 3 heteroatoms. The van der Waals surface area contributed by atoms with Crippen LogP contribution in [-0.2, 0) is 5.66 Å². The van der Waals surface area contributed by atoms with Gasteiger partial charge >= 0.3 is 0 Å². The quantitative estimate of drug-likeness (QED) is 0.716. The molecule has 0 N–H and O–H groups in total. The summed E-state index contributed by atoms with van der Waals surface area (Å²) in [5, 5.41) is 4.78. The molecule has 0 bridgehead atoms. The van der Waals surface area contributed by atoms with Crippen LogP contribution in [0.5, 0.6) is 0 Å². The van der Waals surface area contributed by atoms with E-state index in [0.717, 1.165) is 12.2 Å². The number of benzene rings is 1.